The van der Waals surface area contributed by atoms with Gasteiger partial charge in [0.15, 0.2) is 0 Å². The molecular weight excluding hydrogens is 210 g/mol. The lowest BCUT2D eigenvalue weighted by Gasteiger charge is -2.10. The van der Waals surface area contributed by atoms with E-state index in [-0.39, 0.29) is 24.9 Å². The summed E-state index contributed by atoms with van der Waals surface area (Å²) < 4.78 is 4.47. The Balaban J connectivity index is 3.91. The quantitative estimate of drug-likeness (QED) is 0.505. The Morgan fingerprint density at radius 3 is 2.56 bits per heavy atom. The summed E-state index contributed by atoms with van der Waals surface area (Å²) >= 11 is 0. The summed E-state index contributed by atoms with van der Waals surface area (Å²) in [5.74, 6) is -0.689. The van der Waals surface area contributed by atoms with Gasteiger partial charge in [-0.05, 0) is 12.8 Å². The molecule has 0 rings (SSSR count). The van der Waals surface area contributed by atoms with Crippen molar-refractivity contribution in [2.24, 2.45) is 5.92 Å². The molecule has 0 aromatic carbocycles. The van der Waals surface area contributed by atoms with Crippen LogP contribution in [0.15, 0.2) is 12.2 Å². The van der Waals surface area contributed by atoms with E-state index < -0.39 is 12.0 Å². The van der Waals surface area contributed by atoms with E-state index in [1.165, 1.54) is 7.11 Å². The number of carbonyl (C=O) groups is 2. The second kappa shape index (κ2) is 7.87. The molecule has 0 spiro atoms. The molecule has 0 aliphatic heterocycles. The van der Waals surface area contributed by atoms with Crippen molar-refractivity contribution < 1.29 is 19.4 Å². The average molecular weight is 229 g/mol. The van der Waals surface area contributed by atoms with E-state index in [0.29, 0.717) is 0 Å². The standard InChI is InChI=1S/C11H19NO4/c1-8(7-13)5-4-6-10(14)12-9(2)11(15)16-3/h4-5,8-9,13H,6-7H2,1-3H3,(H,12,14)/b5-4+/t8-,9+/m1/s1. The van der Waals surface area contributed by atoms with Gasteiger partial charge >= 0.3 is 5.97 Å². The van der Waals surface area contributed by atoms with Crippen molar-refractivity contribution in [1.29, 1.82) is 0 Å². The average Bonchev–Trinajstić information content (AvgIpc) is 2.27. The van der Waals surface area contributed by atoms with Crippen LogP contribution in [0.5, 0.6) is 0 Å². The van der Waals surface area contributed by atoms with Gasteiger partial charge < -0.3 is 15.2 Å². The van der Waals surface area contributed by atoms with Crippen LogP contribution in [0, 0.1) is 5.92 Å². The number of esters is 1. The minimum atomic E-state index is -0.638. The molecule has 0 saturated heterocycles. The Morgan fingerprint density at radius 1 is 1.44 bits per heavy atom. The zero-order chi connectivity index (χ0) is 12.6. The number of ether oxygens (including phenoxy) is 1. The third kappa shape index (κ3) is 6.19. The summed E-state index contributed by atoms with van der Waals surface area (Å²) in [4.78, 5) is 22.3. The minimum absolute atomic E-state index is 0.0332. The number of aliphatic hydroxyl groups excluding tert-OH is 1. The summed E-state index contributed by atoms with van der Waals surface area (Å²) in [7, 11) is 1.27. The van der Waals surface area contributed by atoms with Crippen LogP contribution < -0.4 is 5.32 Å². The molecule has 0 bridgehead atoms. The largest absolute Gasteiger partial charge is 0.467 e. The van der Waals surface area contributed by atoms with E-state index >= 15 is 0 Å². The molecule has 2 atom stereocenters. The SMILES string of the molecule is COC(=O)[C@H](C)NC(=O)C/C=C/[C@@H](C)CO. The van der Waals surface area contributed by atoms with Crippen LogP contribution in [0.2, 0.25) is 0 Å². The third-order valence-electron chi connectivity index (χ3n) is 1.99. The monoisotopic (exact) mass is 229 g/mol. The van der Waals surface area contributed by atoms with Gasteiger partial charge in [-0.25, -0.2) is 4.79 Å². The van der Waals surface area contributed by atoms with Crippen LogP contribution >= 0.6 is 0 Å². The molecule has 2 N–H and O–H groups in total. The van der Waals surface area contributed by atoms with E-state index in [9.17, 15) is 9.59 Å². The molecule has 92 valence electrons. The Hall–Kier alpha value is -1.36. The molecule has 5 nitrogen and oxygen atoms in total. The molecule has 0 saturated carbocycles. The first-order chi connectivity index (χ1) is 7.51. The maximum absolute atomic E-state index is 11.3. The summed E-state index contributed by atoms with van der Waals surface area (Å²) in [6.45, 7) is 3.45. The highest BCUT2D eigenvalue weighted by Gasteiger charge is 2.14. The van der Waals surface area contributed by atoms with Crippen LogP contribution in [0.4, 0.5) is 0 Å². The molecule has 0 heterocycles. The Morgan fingerprint density at radius 2 is 2.06 bits per heavy atom. The van der Waals surface area contributed by atoms with E-state index in [1.54, 1.807) is 19.1 Å². The normalized spacial score (nSPS) is 14.5. The maximum Gasteiger partial charge on any atom is 0.328 e. The van der Waals surface area contributed by atoms with Gasteiger partial charge in [-0.2, -0.15) is 0 Å². The first kappa shape index (κ1) is 14.6. The minimum Gasteiger partial charge on any atom is -0.467 e. The van der Waals surface area contributed by atoms with Crippen LogP contribution in [0.1, 0.15) is 20.3 Å². The van der Waals surface area contributed by atoms with Crippen LogP contribution in [-0.2, 0) is 14.3 Å². The van der Waals surface area contributed by atoms with Gasteiger partial charge in [0.25, 0.3) is 0 Å². The molecule has 0 aromatic heterocycles. The Kier molecular flexibility index (Phi) is 7.20. The zero-order valence-corrected chi connectivity index (χ0v) is 9.90. The van der Waals surface area contributed by atoms with Gasteiger partial charge in [0.2, 0.25) is 5.91 Å². The van der Waals surface area contributed by atoms with Crippen molar-refractivity contribution in [3.05, 3.63) is 12.2 Å². The summed E-state index contributed by atoms with van der Waals surface area (Å²) in [5, 5.41) is 11.2. The third-order valence-corrected chi connectivity index (χ3v) is 1.99. The predicted octanol–water partition coefficient (Wildman–Crippen LogP) is 0.239. The molecule has 16 heavy (non-hydrogen) atoms. The fraction of sp³-hybridized carbons (Fsp3) is 0.636. The van der Waals surface area contributed by atoms with Crippen LogP contribution in [0.3, 0.4) is 0 Å². The van der Waals surface area contributed by atoms with E-state index in [1.807, 2.05) is 6.92 Å². The number of rotatable bonds is 6. The molecule has 0 aromatic rings. The molecule has 0 radical (unpaired) electrons. The lowest BCUT2D eigenvalue weighted by molar-refractivity contribution is -0.144. The van der Waals surface area contributed by atoms with Crippen LogP contribution in [0.25, 0.3) is 0 Å². The first-order valence-electron chi connectivity index (χ1n) is 5.16. The van der Waals surface area contributed by atoms with Crippen molar-refractivity contribution >= 4 is 11.9 Å². The summed E-state index contributed by atoms with van der Waals surface area (Å²) in [6, 6.07) is -0.638. The molecule has 0 aliphatic rings. The highest BCUT2D eigenvalue weighted by atomic mass is 16.5. The summed E-state index contributed by atoms with van der Waals surface area (Å²) in [6.07, 6.45) is 3.61. The lowest BCUT2D eigenvalue weighted by atomic mass is 10.1. The van der Waals surface area contributed by atoms with Crippen molar-refractivity contribution in [3.8, 4) is 0 Å². The molecule has 1 amide bonds. The van der Waals surface area contributed by atoms with Crippen molar-refractivity contribution in [1.82, 2.24) is 5.32 Å². The molecule has 0 unspecified atom stereocenters. The smallest absolute Gasteiger partial charge is 0.328 e. The fourth-order valence-electron chi connectivity index (χ4n) is 1.00. The maximum atomic E-state index is 11.3. The van der Waals surface area contributed by atoms with Crippen molar-refractivity contribution in [3.63, 3.8) is 0 Å². The molecule has 5 heteroatoms. The molecular formula is C11H19NO4. The topological polar surface area (TPSA) is 75.6 Å². The number of nitrogens with one attached hydrogen (secondary N) is 1. The van der Waals surface area contributed by atoms with E-state index in [0.717, 1.165) is 0 Å². The number of hydrogen-bond donors (Lipinski definition) is 2. The molecule has 0 aliphatic carbocycles. The van der Waals surface area contributed by atoms with E-state index in [2.05, 4.69) is 10.1 Å². The summed E-state index contributed by atoms with van der Waals surface area (Å²) in [5.41, 5.74) is 0. The number of hydrogen-bond acceptors (Lipinski definition) is 4. The second-order valence-corrected chi connectivity index (χ2v) is 3.60. The van der Waals surface area contributed by atoms with Gasteiger partial charge in [0, 0.05) is 13.0 Å². The van der Waals surface area contributed by atoms with Crippen LogP contribution in [-0.4, -0.2) is 36.7 Å². The highest BCUT2D eigenvalue weighted by molar-refractivity contribution is 5.84. The predicted molar refractivity (Wildman–Crippen MR) is 59.6 cm³/mol. The van der Waals surface area contributed by atoms with Gasteiger partial charge in [-0.15, -0.1) is 0 Å². The number of methoxy groups -OCH3 is 1. The number of carbonyl (C=O) groups excluding carboxylic acids is 2. The lowest BCUT2D eigenvalue weighted by Crippen LogP contribution is -2.38. The van der Waals surface area contributed by atoms with E-state index in [4.69, 9.17) is 5.11 Å². The Bertz CT molecular complexity index is 263. The van der Waals surface area contributed by atoms with Gasteiger partial charge in [0.1, 0.15) is 6.04 Å². The number of amides is 1. The number of aliphatic hydroxyl groups is 1. The van der Waals surface area contributed by atoms with Crippen molar-refractivity contribution in [2.75, 3.05) is 13.7 Å². The van der Waals surface area contributed by atoms with Crippen molar-refractivity contribution in [2.45, 2.75) is 26.3 Å². The molecule has 0 fully saturated rings. The zero-order valence-electron chi connectivity index (χ0n) is 9.90. The second-order valence-electron chi connectivity index (χ2n) is 3.60. The highest BCUT2D eigenvalue weighted by Crippen LogP contribution is 1.96. The fourth-order valence-corrected chi connectivity index (χ4v) is 1.00. The first-order valence-corrected chi connectivity index (χ1v) is 5.16. The van der Waals surface area contributed by atoms with Gasteiger partial charge in [-0.3, -0.25) is 4.79 Å². The Labute approximate surface area is 95.5 Å². The van der Waals surface area contributed by atoms with Gasteiger partial charge in [-0.1, -0.05) is 19.1 Å². The van der Waals surface area contributed by atoms with Gasteiger partial charge in [0.05, 0.1) is 7.11 Å².